The van der Waals surface area contributed by atoms with Crippen molar-refractivity contribution in [3.8, 4) is 17.9 Å². The lowest BCUT2D eigenvalue weighted by Gasteiger charge is -1.94. The number of halogens is 1. The highest BCUT2D eigenvalue weighted by Crippen LogP contribution is 2.15. The van der Waals surface area contributed by atoms with Gasteiger partial charge in [0.2, 0.25) is 0 Å². The van der Waals surface area contributed by atoms with Crippen molar-refractivity contribution in [3.63, 3.8) is 0 Å². The Kier molecular flexibility index (Phi) is 4.40. The summed E-state index contributed by atoms with van der Waals surface area (Å²) in [5, 5.41) is 9.18. The molecule has 0 radical (unpaired) electrons. The summed E-state index contributed by atoms with van der Waals surface area (Å²) in [7, 11) is 0. The first-order valence-electron chi connectivity index (χ1n) is 4.07. The summed E-state index contributed by atoms with van der Waals surface area (Å²) in [4.78, 5) is 0. The van der Waals surface area contributed by atoms with Gasteiger partial charge in [-0.25, -0.2) is 0 Å². The molecule has 0 aromatic heterocycles. The Hall–Kier alpha value is -1.09. The fraction of sp³-hybridized carbons (Fsp3) is 0.182. The first kappa shape index (κ1) is 11.0. The van der Waals surface area contributed by atoms with Crippen molar-refractivity contribution in [1.82, 2.24) is 0 Å². The average Bonchev–Trinajstić information content (AvgIpc) is 2.21. The molecular weight excluding hydrogens is 214 g/mol. The third-order valence-electron chi connectivity index (χ3n) is 1.56. The Balaban J connectivity index is 2.93. The normalized spacial score (nSPS) is 8.64. The van der Waals surface area contributed by atoms with Crippen LogP contribution < -0.4 is 0 Å². The number of benzene rings is 1. The van der Waals surface area contributed by atoms with Crippen molar-refractivity contribution in [2.75, 3.05) is 5.75 Å². The zero-order chi connectivity index (χ0) is 10.4. The largest absolute Gasteiger partial charge is 0.192 e. The third kappa shape index (κ3) is 3.00. The van der Waals surface area contributed by atoms with Crippen molar-refractivity contribution in [2.45, 2.75) is 6.42 Å². The van der Waals surface area contributed by atoms with Gasteiger partial charge in [0.25, 0.3) is 0 Å². The molecule has 0 aliphatic heterocycles. The summed E-state index contributed by atoms with van der Waals surface area (Å²) in [6.07, 6.45) is 0.744. The summed E-state index contributed by atoms with van der Waals surface area (Å²) >= 11 is 9.82. The average molecular weight is 222 g/mol. The molecule has 0 saturated carbocycles. The van der Waals surface area contributed by atoms with Gasteiger partial charge < -0.3 is 0 Å². The molecule has 0 saturated heterocycles. The zero-order valence-corrected chi connectivity index (χ0v) is 9.07. The second-order valence-electron chi connectivity index (χ2n) is 2.58. The molecule has 0 amide bonds. The summed E-state index contributed by atoms with van der Waals surface area (Å²) in [5.41, 5.74) is 1.28. The first-order valence-corrected chi connectivity index (χ1v) is 5.08. The van der Waals surface area contributed by atoms with Crippen molar-refractivity contribution in [2.24, 2.45) is 0 Å². The van der Waals surface area contributed by atoms with E-state index in [-0.39, 0.29) is 0 Å². The maximum Gasteiger partial charge on any atom is 0.101 e. The van der Waals surface area contributed by atoms with E-state index < -0.39 is 0 Å². The number of thiol groups is 1. The van der Waals surface area contributed by atoms with Gasteiger partial charge in [0.1, 0.15) is 6.07 Å². The van der Waals surface area contributed by atoms with E-state index >= 15 is 0 Å². The molecule has 0 fully saturated rings. The smallest absolute Gasteiger partial charge is 0.101 e. The molecule has 70 valence electrons. The number of hydrogen-bond acceptors (Lipinski definition) is 2. The van der Waals surface area contributed by atoms with E-state index in [1.54, 1.807) is 18.2 Å². The van der Waals surface area contributed by atoms with E-state index in [9.17, 15) is 0 Å². The fourth-order valence-corrected chi connectivity index (χ4v) is 1.18. The lowest BCUT2D eigenvalue weighted by molar-refractivity contribution is 1.31. The first-order chi connectivity index (χ1) is 6.77. The summed E-state index contributed by atoms with van der Waals surface area (Å²) in [5.74, 6) is 6.62. The summed E-state index contributed by atoms with van der Waals surface area (Å²) in [6, 6.07) is 7.19. The van der Waals surface area contributed by atoms with Crippen LogP contribution in [0.3, 0.4) is 0 Å². The molecule has 0 aliphatic rings. The molecule has 0 atom stereocenters. The lowest BCUT2D eigenvalue weighted by atomic mass is 10.1. The predicted octanol–water partition coefficient (Wildman–Crippen LogP) is 2.88. The molecule has 0 aliphatic carbocycles. The van der Waals surface area contributed by atoms with E-state index in [1.165, 1.54) is 0 Å². The van der Waals surface area contributed by atoms with Gasteiger partial charge in [-0.2, -0.15) is 17.9 Å². The predicted molar refractivity (Wildman–Crippen MR) is 61.5 cm³/mol. The molecule has 1 rings (SSSR count). The molecule has 14 heavy (non-hydrogen) atoms. The number of nitriles is 1. The van der Waals surface area contributed by atoms with Crippen LogP contribution >= 0.6 is 24.2 Å². The minimum atomic E-state index is 0.462. The maximum absolute atomic E-state index is 8.72. The van der Waals surface area contributed by atoms with Crippen molar-refractivity contribution >= 4 is 24.2 Å². The van der Waals surface area contributed by atoms with Crippen molar-refractivity contribution in [1.29, 1.82) is 5.26 Å². The SMILES string of the molecule is N#Cc1cc(C#CCCS)ccc1Cl. The van der Waals surface area contributed by atoms with Gasteiger partial charge in [-0.15, -0.1) is 0 Å². The van der Waals surface area contributed by atoms with Crippen LogP contribution in [-0.2, 0) is 0 Å². The Morgan fingerprint density at radius 2 is 2.21 bits per heavy atom. The molecule has 0 heterocycles. The minimum absolute atomic E-state index is 0.462. The Labute approximate surface area is 94.1 Å². The van der Waals surface area contributed by atoms with Gasteiger partial charge in [-0.1, -0.05) is 23.4 Å². The second kappa shape index (κ2) is 5.60. The topological polar surface area (TPSA) is 23.8 Å². The van der Waals surface area contributed by atoms with Gasteiger partial charge in [0.05, 0.1) is 10.6 Å². The van der Waals surface area contributed by atoms with Crippen LogP contribution in [0.25, 0.3) is 0 Å². The Bertz CT molecular complexity index is 423. The molecular formula is C11H8ClNS. The summed E-state index contributed by atoms with van der Waals surface area (Å²) < 4.78 is 0. The van der Waals surface area contributed by atoms with Gasteiger partial charge in [0.15, 0.2) is 0 Å². The van der Waals surface area contributed by atoms with Gasteiger partial charge in [0, 0.05) is 17.7 Å². The van der Waals surface area contributed by atoms with Crippen molar-refractivity contribution in [3.05, 3.63) is 34.3 Å². The molecule has 0 unspecified atom stereocenters. The van der Waals surface area contributed by atoms with Crippen LogP contribution in [0.2, 0.25) is 5.02 Å². The van der Waals surface area contributed by atoms with E-state index in [1.807, 2.05) is 6.07 Å². The molecule has 1 aromatic carbocycles. The van der Waals surface area contributed by atoms with E-state index in [2.05, 4.69) is 24.5 Å². The fourth-order valence-electron chi connectivity index (χ4n) is 0.909. The van der Waals surface area contributed by atoms with Crippen LogP contribution in [0.15, 0.2) is 18.2 Å². The lowest BCUT2D eigenvalue weighted by Crippen LogP contribution is -1.80. The number of rotatable bonds is 1. The van der Waals surface area contributed by atoms with Crippen LogP contribution in [0, 0.1) is 23.2 Å². The minimum Gasteiger partial charge on any atom is -0.192 e. The molecule has 0 N–H and O–H groups in total. The van der Waals surface area contributed by atoms with Gasteiger partial charge in [-0.3, -0.25) is 0 Å². The van der Waals surface area contributed by atoms with E-state index in [4.69, 9.17) is 16.9 Å². The Morgan fingerprint density at radius 3 is 2.86 bits per heavy atom. The molecule has 3 heteroatoms. The van der Waals surface area contributed by atoms with E-state index in [0.717, 1.165) is 17.7 Å². The highest BCUT2D eigenvalue weighted by molar-refractivity contribution is 7.80. The molecule has 0 bridgehead atoms. The van der Waals surface area contributed by atoms with Gasteiger partial charge in [-0.05, 0) is 18.2 Å². The third-order valence-corrected chi connectivity index (χ3v) is 2.11. The molecule has 1 nitrogen and oxygen atoms in total. The van der Waals surface area contributed by atoms with Crippen LogP contribution in [-0.4, -0.2) is 5.75 Å². The monoisotopic (exact) mass is 221 g/mol. The van der Waals surface area contributed by atoms with E-state index in [0.29, 0.717) is 10.6 Å². The van der Waals surface area contributed by atoms with Crippen LogP contribution in [0.1, 0.15) is 17.5 Å². The highest BCUT2D eigenvalue weighted by Gasteiger charge is 1.98. The van der Waals surface area contributed by atoms with Crippen LogP contribution in [0.4, 0.5) is 0 Å². The summed E-state index contributed by atoms with van der Waals surface area (Å²) in [6.45, 7) is 0. The van der Waals surface area contributed by atoms with Gasteiger partial charge >= 0.3 is 0 Å². The molecule has 1 aromatic rings. The van der Waals surface area contributed by atoms with Crippen molar-refractivity contribution < 1.29 is 0 Å². The number of nitrogens with zero attached hydrogens (tertiary/aromatic N) is 1. The zero-order valence-electron chi connectivity index (χ0n) is 7.42. The maximum atomic E-state index is 8.72. The molecule has 0 spiro atoms. The quantitative estimate of drug-likeness (QED) is 0.572. The van der Waals surface area contributed by atoms with Crippen LogP contribution in [0.5, 0.6) is 0 Å². The second-order valence-corrected chi connectivity index (χ2v) is 3.44. The highest BCUT2D eigenvalue weighted by atomic mass is 35.5. The Morgan fingerprint density at radius 1 is 1.43 bits per heavy atom. The number of hydrogen-bond donors (Lipinski definition) is 1. The standard InChI is InChI=1S/C11H8ClNS/c12-11-5-4-9(3-1-2-6-14)7-10(11)8-13/h4-5,7,14H,2,6H2.